The average molecular weight is 308 g/mol. The van der Waals surface area contributed by atoms with Crippen LogP contribution < -0.4 is 0 Å². The lowest BCUT2D eigenvalue weighted by atomic mass is 9.60. The van der Waals surface area contributed by atoms with E-state index in [-0.39, 0.29) is 22.9 Å². The first-order valence-electron chi connectivity index (χ1n) is 8.57. The van der Waals surface area contributed by atoms with Gasteiger partial charge in [0.2, 0.25) is 0 Å². The van der Waals surface area contributed by atoms with E-state index >= 15 is 0 Å². The second-order valence-electron chi connectivity index (χ2n) is 7.99. The number of ether oxygens (including phenoxy) is 4. The molecule has 124 valence electrons. The number of hydrogen-bond donors (Lipinski definition) is 0. The van der Waals surface area contributed by atoms with E-state index in [1.54, 1.807) is 7.11 Å². The van der Waals surface area contributed by atoms with E-state index in [1.807, 2.05) is 0 Å². The van der Waals surface area contributed by atoms with E-state index in [2.05, 4.69) is 20.4 Å². The highest BCUT2D eigenvalue weighted by molar-refractivity contribution is 5.24. The van der Waals surface area contributed by atoms with Gasteiger partial charge in [-0.1, -0.05) is 20.4 Å². The van der Waals surface area contributed by atoms with Crippen LogP contribution in [-0.2, 0) is 18.9 Å². The summed E-state index contributed by atoms with van der Waals surface area (Å²) in [6.07, 6.45) is 4.22. The van der Waals surface area contributed by atoms with E-state index in [9.17, 15) is 0 Å². The molecule has 0 aromatic rings. The maximum Gasteiger partial charge on any atom is 0.171 e. The molecule has 1 unspecified atom stereocenters. The van der Waals surface area contributed by atoms with E-state index in [1.165, 1.54) is 5.57 Å². The smallest absolute Gasteiger partial charge is 0.171 e. The summed E-state index contributed by atoms with van der Waals surface area (Å²) in [6, 6.07) is 0. The Labute approximate surface area is 133 Å². The molecule has 4 aliphatic rings. The van der Waals surface area contributed by atoms with E-state index in [0.29, 0.717) is 18.4 Å². The Morgan fingerprint density at radius 1 is 1.27 bits per heavy atom. The zero-order valence-electron chi connectivity index (χ0n) is 14.0. The minimum atomic E-state index is -0.361. The van der Waals surface area contributed by atoms with E-state index < -0.39 is 0 Å². The van der Waals surface area contributed by atoms with Gasteiger partial charge in [-0.2, -0.15) is 0 Å². The zero-order valence-corrected chi connectivity index (χ0v) is 14.0. The van der Waals surface area contributed by atoms with Crippen molar-refractivity contribution < 1.29 is 18.9 Å². The predicted octanol–water partition coefficient (Wildman–Crippen LogP) is 3.12. The molecule has 2 heterocycles. The molecular weight excluding hydrogens is 280 g/mol. The minimum Gasteiger partial charge on any atom is -0.355 e. The summed E-state index contributed by atoms with van der Waals surface area (Å²) in [5, 5.41) is 0. The highest BCUT2D eigenvalue weighted by Crippen LogP contribution is 2.68. The Hall–Kier alpha value is -0.420. The maximum atomic E-state index is 6.09. The van der Waals surface area contributed by atoms with E-state index in [4.69, 9.17) is 18.9 Å². The molecule has 2 aliphatic heterocycles. The molecule has 22 heavy (non-hydrogen) atoms. The third-order valence-corrected chi connectivity index (χ3v) is 7.28. The van der Waals surface area contributed by atoms with Crippen molar-refractivity contribution in [1.82, 2.24) is 0 Å². The van der Waals surface area contributed by atoms with Gasteiger partial charge in [0.1, 0.15) is 0 Å². The van der Waals surface area contributed by atoms with Crippen LogP contribution in [0.2, 0.25) is 0 Å². The molecule has 2 spiro atoms. The largest absolute Gasteiger partial charge is 0.355 e. The Morgan fingerprint density at radius 3 is 2.68 bits per heavy atom. The molecule has 4 nitrogen and oxygen atoms in total. The summed E-state index contributed by atoms with van der Waals surface area (Å²) in [5.41, 5.74) is 1.38. The van der Waals surface area contributed by atoms with Crippen molar-refractivity contribution in [3.8, 4) is 0 Å². The normalized spacial score (nSPS) is 50.1. The van der Waals surface area contributed by atoms with Gasteiger partial charge in [0.25, 0.3) is 0 Å². The third-order valence-electron chi connectivity index (χ3n) is 7.28. The standard InChI is InChI=1S/C18H28O4/c1-12-10-20-15(19-4)17(12)9-14-5-6-18(21-7-8-22-18)13(2)16(14,3)11-17/h13-15H,1,5-11H2,2-4H3/t13-,14-,15?,16-,17-/m0/s1. The lowest BCUT2D eigenvalue weighted by molar-refractivity contribution is -0.246. The van der Waals surface area contributed by atoms with Crippen molar-refractivity contribution in [2.75, 3.05) is 26.9 Å². The molecule has 0 radical (unpaired) electrons. The fourth-order valence-electron chi connectivity index (χ4n) is 5.86. The minimum absolute atomic E-state index is 0.0213. The van der Waals surface area contributed by atoms with Crippen molar-refractivity contribution in [2.45, 2.75) is 51.6 Å². The van der Waals surface area contributed by atoms with Crippen LogP contribution in [0.5, 0.6) is 0 Å². The number of methoxy groups -OCH3 is 1. The summed E-state index contributed by atoms with van der Waals surface area (Å²) in [7, 11) is 1.75. The maximum absolute atomic E-state index is 6.09. The first-order chi connectivity index (χ1) is 10.5. The Balaban J connectivity index is 1.68. The molecule has 4 rings (SSSR count). The topological polar surface area (TPSA) is 36.9 Å². The number of rotatable bonds is 1. The molecule has 0 bridgehead atoms. The van der Waals surface area contributed by atoms with Gasteiger partial charge in [0, 0.05) is 24.9 Å². The first-order valence-corrected chi connectivity index (χ1v) is 8.57. The summed E-state index contributed by atoms with van der Waals surface area (Å²) in [6.45, 7) is 11.1. The fourth-order valence-corrected chi connectivity index (χ4v) is 5.86. The van der Waals surface area contributed by atoms with Crippen molar-refractivity contribution in [2.24, 2.45) is 22.7 Å². The summed E-state index contributed by atoms with van der Waals surface area (Å²) in [5.74, 6) is 0.684. The van der Waals surface area contributed by atoms with Crippen LogP contribution in [0.25, 0.3) is 0 Å². The molecule has 0 aromatic heterocycles. The van der Waals surface area contributed by atoms with Crippen molar-refractivity contribution in [3.05, 3.63) is 12.2 Å². The first kappa shape index (κ1) is 15.1. The lowest BCUT2D eigenvalue weighted by Gasteiger charge is -2.51. The van der Waals surface area contributed by atoms with Crippen molar-refractivity contribution >= 4 is 0 Å². The second-order valence-corrected chi connectivity index (χ2v) is 7.99. The van der Waals surface area contributed by atoms with Gasteiger partial charge in [0.05, 0.1) is 19.8 Å². The van der Waals surface area contributed by atoms with Crippen LogP contribution in [0.3, 0.4) is 0 Å². The molecular formula is C18H28O4. The second kappa shape index (κ2) is 4.79. The van der Waals surface area contributed by atoms with Crippen molar-refractivity contribution in [3.63, 3.8) is 0 Å². The Bertz CT molecular complexity index is 483. The third kappa shape index (κ3) is 1.73. The summed E-state index contributed by atoms with van der Waals surface area (Å²) < 4.78 is 23.7. The molecule has 2 saturated heterocycles. The van der Waals surface area contributed by atoms with E-state index in [0.717, 1.165) is 38.9 Å². The SMILES string of the molecule is C=C1COC(OC)[C@]12C[C@@H]1CCC3(OCCO3)[C@@H](C)[C@]1(C)C2. The molecule has 2 saturated carbocycles. The lowest BCUT2D eigenvalue weighted by Crippen LogP contribution is -2.52. The summed E-state index contributed by atoms with van der Waals surface area (Å²) in [4.78, 5) is 0. The zero-order chi connectivity index (χ0) is 15.6. The van der Waals surface area contributed by atoms with Crippen LogP contribution in [0, 0.1) is 22.7 Å². The molecule has 0 amide bonds. The van der Waals surface area contributed by atoms with Gasteiger partial charge in [-0.05, 0) is 36.2 Å². The molecule has 5 atom stereocenters. The van der Waals surface area contributed by atoms with Crippen LogP contribution in [0.15, 0.2) is 12.2 Å². The quantitative estimate of drug-likeness (QED) is 0.698. The predicted molar refractivity (Wildman–Crippen MR) is 82.2 cm³/mol. The molecule has 4 heteroatoms. The fraction of sp³-hybridized carbons (Fsp3) is 0.889. The number of fused-ring (bicyclic) bond motifs is 1. The molecule has 2 aliphatic carbocycles. The Kier molecular flexibility index (Phi) is 3.29. The molecule has 4 fully saturated rings. The van der Waals surface area contributed by atoms with Crippen LogP contribution in [-0.4, -0.2) is 39.0 Å². The Morgan fingerprint density at radius 2 is 2.00 bits per heavy atom. The monoisotopic (exact) mass is 308 g/mol. The summed E-state index contributed by atoms with van der Waals surface area (Å²) >= 11 is 0. The van der Waals surface area contributed by atoms with Crippen LogP contribution in [0.1, 0.15) is 39.5 Å². The van der Waals surface area contributed by atoms with Crippen LogP contribution in [0.4, 0.5) is 0 Å². The van der Waals surface area contributed by atoms with Gasteiger partial charge >= 0.3 is 0 Å². The molecule has 0 aromatic carbocycles. The van der Waals surface area contributed by atoms with Gasteiger partial charge in [-0.15, -0.1) is 0 Å². The van der Waals surface area contributed by atoms with Crippen molar-refractivity contribution in [1.29, 1.82) is 0 Å². The highest BCUT2D eigenvalue weighted by Gasteiger charge is 2.66. The van der Waals surface area contributed by atoms with Gasteiger partial charge in [0.15, 0.2) is 12.1 Å². The van der Waals surface area contributed by atoms with Gasteiger partial charge in [-0.25, -0.2) is 0 Å². The number of hydrogen-bond acceptors (Lipinski definition) is 4. The van der Waals surface area contributed by atoms with Gasteiger partial charge in [-0.3, -0.25) is 0 Å². The average Bonchev–Trinajstić information content (AvgIpc) is 3.16. The van der Waals surface area contributed by atoms with Gasteiger partial charge < -0.3 is 18.9 Å². The highest BCUT2D eigenvalue weighted by atomic mass is 16.7. The molecule has 0 N–H and O–H groups in total. The van der Waals surface area contributed by atoms with Crippen LogP contribution >= 0.6 is 0 Å².